The molecule has 1 heterocycles. The number of hydrogen-bond donors (Lipinski definition) is 1. The van der Waals surface area contributed by atoms with Crippen molar-refractivity contribution in [1.82, 2.24) is 14.7 Å². The minimum Gasteiger partial charge on any atom is -0.330 e. The number of nitrogens with zero attached hydrogens (tertiary/aromatic N) is 3. The van der Waals surface area contributed by atoms with E-state index in [0.717, 1.165) is 13.1 Å². The van der Waals surface area contributed by atoms with E-state index in [1.165, 1.54) is 31.4 Å². The van der Waals surface area contributed by atoms with Crippen LogP contribution in [0.1, 0.15) is 24.8 Å². The molecular formula is C12H22N4. The number of aryl methyl sites for hydroxylation is 1. The maximum absolute atomic E-state index is 5.65. The third-order valence-electron chi connectivity index (χ3n) is 3.45. The molecule has 16 heavy (non-hydrogen) atoms. The third-order valence-corrected chi connectivity index (χ3v) is 3.45. The van der Waals surface area contributed by atoms with Crippen LogP contribution in [0.3, 0.4) is 0 Å². The molecule has 1 aliphatic carbocycles. The van der Waals surface area contributed by atoms with Crippen molar-refractivity contribution in [2.45, 2.75) is 25.8 Å². The molecular weight excluding hydrogens is 200 g/mol. The zero-order chi connectivity index (χ0) is 11.6. The van der Waals surface area contributed by atoms with Gasteiger partial charge >= 0.3 is 0 Å². The maximum Gasteiger partial charge on any atom is 0.0534 e. The van der Waals surface area contributed by atoms with Gasteiger partial charge in [-0.15, -0.1) is 0 Å². The first-order valence-electron chi connectivity index (χ1n) is 6.00. The average molecular weight is 222 g/mol. The number of aromatic nitrogens is 2. The molecule has 1 aliphatic rings. The molecule has 0 aliphatic heterocycles. The average Bonchev–Trinajstić information content (AvgIpc) is 2.82. The smallest absolute Gasteiger partial charge is 0.0534 e. The SMILES string of the molecule is CN(Cc1cnn(C)c1)CC1(CCN)CC1. The van der Waals surface area contributed by atoms with Crippen LogP contribution in [0.15, 0.2) is 12.4 Å². The Balaban J connectivity index is 1.82. The lowest BCUT2D eigenvalue weighted by Gasteiger charge is -2.22. The summed E-state index contributed by atoms with van der Waals surface area (Å²) in [5, 5.41) is 4.19. The van der Waals surface area contributed by atoms with Gasteiger partial charge in [0.05, 0.1) is 6.20 Å². The summed E-state index contributed by atoms with van der Waals surface area (Å²) in [4.78, 5) is 2.39. The van der Waals surface area contributed by atoms with E-state index >= 15 is 0 Å². The number of nitrogens with two attached hydrogens (primary N) is 1. The monoisotopic (exact) mass is 222 g/mol. The predicted molar refractivity (Wildman–Crippen MR) is 64.9 cm³/mol. The van der Waals surface area contributed by atoms with E-state index in [9.17, 15) is 0 Å². The molecule has 0 aromatic carbocycles. The van der Waals surface area contributed by atoms with Gasteiger partial charge in [0.2, 0.25) is 0 Å². The molecule has 1 fully saturated rings. The first kappa shape index (κ1) is 11.6. The molecule has 4 nitrogen and oxygen atoms in total. The van der Waals surface area contributed by atoms with Crippen molar-refractivity contribution in [2.75, 3.05) is 20.1 Å². The molecule has 0 unspecified atom stereocenters. The lowest BCUT2D eigenvalue weighted by Crippen LogP contribution is -2.27. The summed E-state index contributed by atoms with van der Waals surface area (Å²) >= 11 is 0. The van der Waals surface area contributed by atoms with Crippen LogP contribution in [-0.2, 0) is 13.6 Å². The van der Waals surface area contributed by atoms with Crippen LogP contribution < -0.4 is 5.73 Å². The second kappa shape index (κ2) is 4.55. The van der Waals surface area contributed by atoms with Crippen molar-refractivity contribution < 1.29 is 0 Å². The zero-order valence-electron chi connectivity index (χ0n) is 10.3. The molecule has 1 aromatic heterocycles. The molecule has 0 radical (unpaired) electrons. The lowest BCUT2D eigenvalue weighted by atomic mass is 10.0. The second-order valence-electron chi connectivity index (χ2n) is 5.23. The van der Waals surface area contributed by atoms with Crippen molar-refractivity contribution in [1.29, 1.82) is 0 Å². The van der Waals surface area contributed by atoms with E-state index < -0.39 is 0 Å². The Morgan fingerprint density at radius 3 is 2.81 bits per heavy atom. The molecule has 1 saturated carbocycles. The largest absolute Gasteiger partial charge is 0.330 e. The van der Waals surface area contributed by atoms with Gasteiger partial charge in [-0.05, 0) is 38.3 Å². The van der Waals surface area contributed by atoms with Gasteiger partial charge in [0.15, 0.2) is 0 Å². The molecule has 0 amide bonds. The van der Waals surface area contributed by atoms with E-state index in [1.54, 1.807) is 0 Å². The molecule has 0 bridgehead atoms. The van der Waals surface area contributed by atoms with Crippen molar-refractivity contribution in [3.05, 3.63) is 18.0 Å². The molecule has 0 spiro atoms. The Morgan fingerprint density at radius 1 is 1.56 bits per heavy atom. The first-order chi connectivity index (χ1) is 7.63. The van der Waals surface area contributed by atoms with Gasteiger partial charge in [-0.3, -0.25) is 4.68 Å². The fourth-order valence-corrected chi connectivity index (χ4v) is 2.46. The number of hydrogen-bond acceptors (Lipinski definition) is 3. The molecule has 0 atom stereocenters. The summed E-state index contributed by atoms with van der Waals surface area (Å²) in [6, 6.07) is 0. The highest BCUT2D eigenvalue weighted by Crippen LogP contribution is 2.48. The molecule has 4 heteroatoms. The van der Waals surface area contributed by atoms with Crippen LogP contribution in [0.25, 0.3) is 0 Å². The van der Waals surface area contributed by atoms with Gasteiger partial charge in [-0.2, -0.15) is 5.10 Å². The van der Waals surface area contributed by atoms with Gasteiger partial charge in [0, 0.05) is 31.9 Å². The summed E-state index contributed by atoms with van der Waals surface area (Å²) < 4.78 is 1.86. The lowest BCUT2D eigenvalue weighted by molar-refractivity contribution is 0.248. The van der Waals surface area contributed by atoms with Crippen LogP contribution in [-0.4, -0.2) is 34.8 Å². The Labute approximate surface area is 97.4 Å². The van der Waals surface area contributed by atoms with Crippen molar-refractivity contribution in [3.63, 3.8) is 0 Å². The minimum atomic E-state index is 0.533. The van der Waals surface area contributed by atoms with E-state index in [0.29, 0.717) is 5.41 Å². The van der Waals surface area contributed by atoms with Crippen molar-refractivity contribution in [3.8, 4) is 0 Å². The Morgan fingerprint density at radius 2 is 2.31 bits per heavy atom. The van der Waals surface area contributed by atoms with E-state index in [1.807, 2.05) is 17.9 Å². The molecule has 2 rings (SSSR count). The normalized spacial score (nSPS) is 18.0. The standard InChI is InChI=1S/C12H22N4/c1-15(8-11-7-14-16(2)9-11)10-12(3-4-12)5-6-13/h7,9H,3-6,8,10,13H2,1-2H3. The van der Waals surface area contributed by atoms with Crippen LogP contribution >= 0.6 is 0 Å². The molecule has 1 aromatic rings. The predicted octanol–water partition coefficient (Wildman–Crippen LogP) is 0.981. The highest BCUT2D eigenvalue weighted by molar-refractivity contribution is 5.04. The molecule has 2 N–H and O–H groups in total. The fourth-order valence-electron chi connectivity index (χ4n) is 2.46. The summed E-state index contributed by atoms with van der Waals surface area (Å²) in [7, 11) is 4.14. The van der Waals surface area contributed by atoms with Gasteiger partial charge < -0.3 is 10.6 Å². The quantitative estimate of drug-likeness (QED) is 0.780. The summed E-state index contributed by atoms with van der Waals surface area (Å²) in [6.07, 6.45) is 7.89. The highest BCUT2D eigenvalue weighted by atomic mass is 15.2. The second-order valence-corrected chi connectivity index (χ2v) is 5.23. The van der Waals surface area contributed by atoms with E-state index in [4.69, 9.17) is 5.73 Å². The zero-order valence-corrected chi connectivity index (χ0v) is 10.3. The highest BCUT2D eigenvalue weighted by Gasteiger charge is 2.42. The molecule has 90 valence electrons. The first-order valence-corrected chi connectivity index (χ1v) is 6.00. The van der Waals surface area contributed by atoms with Gasteiger partial charge in [0.25, 0.3) is 0 Å². The fraction of sp³-hybridized carbons (Fsp3) is 0.750. The van der Waals surface area contributed by atoms with E-state index in [-0.39, 0.29) is 0 Å². The van der Waals surface area contributed by atoms with Crippen LogP contribution in [0.5, 0.6) is 0 Å². The maximum atomic E-state index is 5.65. The third kappa shape index (κ3) is 2.83. The molecule has 0 saturated heterocycles. The van der Waals surface area contributed by atoms with Gasteiger partial charge in [-0.1, -0.05) is 0 Å². The Hall–Kier alpha value is -0.870. The minimum absolute atomic E-state index is 0.533. The summed E-state index contributed by atoms with van der Waals surface area (Å²) in [5.74, 6) is 0. The van der Waals surface area contributed by atoms with Crippen molar-refractivity contribution >= 4 is 0 Å². The van der Waals surface area contributed by atoms with Crippen LogP contribution in [0, 0.1) is 5.41 Å². The van der Waals surface area contributed by atoms with Crippen LogP contribution in [0.4, 0.5) is 0 Å². The van der Waals surface area contributed by atoms with Gasteiger partial charge in [0.1, 0.15) is 0 Å². The van der Waals surface area contributed by atoms with E-state index in [2.05, 4.69) is 23.2 Å². The Bertz CT molecular complexity index is 341. The Kier molecular flexibility index (Phi) is 3.30. The van der Waals surface area contributed by atoms with Gasteiger partial charge in [-0.25, -0.2) is 0 Å². The number of rotatable bonds is 6. The summed E-state index contributed by atoms with van der Waals surface area (Å²) in [6.45, 7) is 2.97. The summed E-state index contributed by atoms with van der Waals surface area (Å²) in [5.41, 5.74) is 7.47. The van der Waals surface area contributed by atoms with Crippen LogP contribution in [0.2, 0.25) is 0 Å². The topological polar surface area (TPSA) is 47.1 Å². The van der Waals surface area contributed by atoms with Crippen molar-refractivity contribution in [2.24, 2.45) is 18.2 Å².